The van der Waals surface area contributed by atoms with E-state index in [0.717, 1.165) is 10.7 Å². The lowest BCUT2D eigenvalue weighted by Crippen LogP contribution is -2.15. The average molecular weight is 327 g/mol. The van der Waals surface area contributed by atoms with E-state index in [1.165, 1.54) is 13.2 Å². The third kappa shape index (κ3) is 3.22. The fourth-order valence-electron chi connectivity index (χ4n) is 1.99. The highest BCUT2D eigenvalue weighted by Crippen LogP contribution is 2.34. The van der Waals surface area contributed by atoms with Crippen LogP contribution in [0.25, 0.3) is 11.3 Å². The number of aromatic nitrogens is 2. The van der Waals surface area contributed by atoms with Crippen molar-refractivity contribution in [1.82, 2.24) is 9.78 Å². The molecule has 0 atom stereocenters. The lowest BCUT2D eigenvalue weighted by molar-refractivity contribution is 0.169. The second-order valence-corrected chi connectivity index (χ2v) is 5.39. The number of methoxy groups -OCH3 is 1. The Balaban J connectivity index is 2.60. The Morgan fingerprint density at radius 3 is 2.64 bits per heavy atom. The fourth-order valence-corrected chi connectivity index (χ4v) is 2.18. The number of nitrogens with zero attached hydrogens (tertiary/aromatic N) is 2. The normalized spacial score (nSPS) is 10.9. The zero-order valence-electron chi connectivity index (χ0n) is 12.7. The van der Waals surface area contributed by atoms with Crippen molar-refractivity contribution in [1.29, 1.82) is 0 Å². The summed E-state index contributed by atoms with van der Waals surface area (Å²) in [6.45, 7) is 5.37. The summed E-state index contributed by atoms with van der Waals surface area (Å²) in [5.74, 6) is -0.241. The van der Waals surface area contributed by atoms with Crippen LogP contribution < -0.4 is 4.74 Å². The SMILES string of the molecule is COC(=O)n1nc(C)cc1-c1cc(OC(C)C)c(Cl)cc1F. The molecule has 7 heteroatoms. The third-order valence-electron chi connectivity index (χ3n) is 2.84. The minimum atomic E-state index is -0.705. The molecular formula is C15H16ClFN2O3. The molecule has 0 aliphatic carbocycles. The predicted molar refractivity (Wildman–Crippen MR) is 80.9 cm³/mol. The standard InChI is InChI=1S/C15H16ClFN2O3/c1-8(2)22-14-6-10(12(17)7-11(14)16)13-5-9(3)18-19(13)15(20)21-4/h5-8H,1-4H3. The van der Waals surface area contributed by atoms with Crippen LogP contribution in [0.1, 0.15) is 19.5 Å². The van der Waals surface area contributed by atoms with Gasteiger partial charge in [0.05, 0.1) is 29.6 Å². The Labute approximate surface area is 132 Å². The van der Waals surface area contributed by atoms with Crippen LogP contribution in [0.15, 0.2) is 18.2 Å². The van der Waals surface area contributed by atoms with E-state index >= 15 is 0 Å². The van der Waals surface area contributed by atoms with Crippen molar-refractivity contribution in [2.24, 2.45) is 0 Å². The first kappa shape index (κ1) is 16.3. The Kier molecular flexibility index (Phi) is 4.71. The van der Waals surface area contributed by atoms with E-state index in [9.17, 15) is 9.18 Å². The van der Waals surface area contributed by atoms with Gasteiger partial charge in [0.2, 0.25) is 0 Å². The zero-order chi connectivity index (χ0) is 16.4. The quantitative estimate of drug-likeness (QED) is 0.853. The fraction of sp³-hybridized carbons (Fsp3) is 0.333. The van der Waals surface area contributed by atoms with E-state index in [0.29, 0.717) is 11.4 Å². The molecule has 0 bridgehead atoms. The minimum absolute atomic E-state index is 0.122. The highest BCUT2D eigenvalue weighted by Gasteiger charge is 2.20. The number of carbonyl (C=O) groups is 1. The monoisotopic (exact) mass is 326 g/mol. The number of benzene rings is 1. The maximum Gasteiger partial charge on any atom is 0.434 e. The van der Waals surface area contributed by atoms with Crippen molar-refractivity contribution < 1.29 is 18.7 Å². The molecule has 118 valence electrons. The molecule has 0 amide bonds. The van der Waals surface area contributed by atoms with Crippen LogP contribution in [-0.2, 0) is 4.74 Å². The van der Waals surface area contributed by atoms with Crippen LogP contribution in [0, 0.1) is 12.7 Å². The Morgan fingerprint density at radius 1 is 1.36 bits per heavy atom. The summed E-state index contributed by atoms with van der Waals surface area (Å²) in [5.41, 5.74) is 0.985. The predicted octanol–water partition coefficient (Wildman–Crippen LogP) is 4.05. The maximum atomic E-state index is 14.3. The molecule has 22 heavy (non-hydrogen) atoms. The number of halogens is 2. The van der Waals surface area contributed by atoms with Crippen molar-refractivity contribution in [3.63, 3.8) is 0 Å². The number of ether oxygens (including phenoxy) is 2. The number of hydrogen-bond donors (Lipinski definition) is 0. The summed E-state index contributed by atoms with van der Waals surface area (Å²) in [4.78, 5) is 11.8. The van der Waals surface area contributed by atoms with Gasteiger partial charge in [0.1, 0.15) is 11.6 Å². The van der Waals surface area contributed by atoms with Crippen molar-refractivity contribution in [2.45, 2.75) is 26.9 Å². The highest BCUT2D eigenvalue weighted by molar-refractivity contribution is 6.32. The molecule has 1 aromatic heterocycles. The summed E-state index contributed by atoms with van der Waals surface area (Å²) in [7, 11) is 1.23. The van der Waals surface area contributed by atoms with Crippen LogP contribution in [0.3, 0.4) is 0 Å². The van der Waals surface area contributed by atoms with Gasteiger partial charge in [-0.05, 0) is 39.0 Å². The zero-order valence-corrected chi connectivity index (χ0v) is 13.4. The lowest BCUT2D eigenvalue weighted by atomic mass is 10.1. The molecule has 0 aliphatic heterocycles. The van der Waals surface area contributed by atoms with Crippen LogP contribution >= 0.6 is 11.6 Å². The van der Waals surface area contributed by atoms with Gasteiger partial charge in [-0.1, -0.05) is 11.6 Å². The maximum absolute atomic E-state index is 14.3. The first-order chi connectivity index (χ1) is 10.3. The average Bonchev–Trinajstić information content (AvgIpc) is 2.82. The Bertz CT molecular complexity index is 713. The van der Waals surface area contributed by atoms with Crippen molar-refractivity contribution >= 4 is 17.7 Å². The third-order valence-corrected chi connectivity index (χ3v) is 3.13. The van der Waals surface area contributed by atoms with Gasteiger partial charge in [0.15, 0.2) is 0 Å². The van der Waals surface area contributed by atoms with E-state index in [-0.39, 0.29) is 22.4 Å². The second-order valence-electron chi connectivity index (χ2n) is 4.98. The smallest absolute Gasteiger partial charge is 0.434 e. The number of carbonyl (C=O) groups excluding carboxylic acids is 1. The molecular weight excluding hydrogens is 311 g/mol. The van der Waals surface area contributed by atoms with Gasteiger partial charge in [0.25, 0.3) is 0 Å². The largest absolute Gasteiger partial charge is 0.489 e. The topological polar surface area (TPSA) is 53.4 Å². The molecule has 0 N–H and O–H groups in total. The molecule has 0 radical (unpaired) electrons. The van der Waals surface area contributed by atoms with Gasteiger partial charge in [-0.25, -0.2) is 9.18 Å². The lowest BCUT2D eigenvalue weighted by Gasteiger charge is -2.14. The molecule has 0 aliphatic rings. The highest BCUT2D eigenvalue weighted by atomic mass is 35.5. The van der Waals surface area contributed by atoms with E-state index in [2.05, 4.69) is 9.84 Å². The Hall–Kier alpha value is -2.08. The van der Waals surface area contributed by atoms with Crippen molar-refractivity contribution in [3.8, 4) is 17.0 Å². The van der Waals surface area contributed by atoms with Gasteiger partial charge in [-0.15, -0.1) is 0 Å². The van der Waals surface area contributed by atoms with Gasteiger partial charge < -0.3 is 9.47 Å². The van der Waals surface area contributed by atoms with Gasteiger partial charge >= 0.3 is 6.09 Å². The molecule has 0 unspecified atom stereocenters. The van der Waals surface area contributed by atoms with Crippen molar-refractivity contribution in [3.05, 3.63) is 34.7 Å². The summed E-state index contributed by atoms with van der Waals surface area (Å²) < 4.78 is 25.5. The number of rotatable bonds is 3. The van der Waals surface area contributed by atoms with Gasteiger partial charge in [0, 0.05) is 5.56 Å². The molecule has 0 saturated carbocycles. The molecule has 2 aromatic rings. The van der Waals surface area contributed by atoms with Gasteiger partial charge in [-0.2, -0.15) is 9.78 Å². The summed E-state index contributed by atoms with van der Waals surface area (Å²) in [6, 6.07) is 4.19. The first-order valence-electron chi connectivity index (χ1n) is 6.64. The van der Waals surface area contributed by atoms with Crippen LogP contribution in [0.4, 0.5) is 9.18 Å². The molecule has 0 spiro atoms. The number of hydrogen-bond acceptors (Lipinski definition) is 4. The summed E-state index contributed by atoms with van der Waals surface area (Å²) in [5, 5.41) is 4.18. The van der Waals surface area contributed by atoms with E-state index in [4.69, 9.17) is 16.3 Å². The van der Waals surface area contributed by atoms with E-state index in [1.54, 1.807) is 13.0 Å². The molecule has 1 heterocycles. The Morgan fingerprint density at radius 2 is 2.05 bits per heavy atom. The molecule has 0 fully saturated rings. The van der Waals surface area contributed by atoms with Gasteiger partial charge in [-0.3, -0.25) is 0 Å². The second kappa shape index (κ2) is 6.36. The molecule has 5 nitrogen and oxygen atoms in total. The van der Waals surface area contributed by atoms with E-state index in [1.807, 2.05) is 13.8 Å². The van der Waals surface area contributed by atoms with Crippen LogP contribution in [0.5, 0.6) is 5.75 Å². The first-order valence-corrected chi connectivity index (χ1v) is 7.02. The van der Waals surface area contributed by atoms with Crippen molar-refractivity contribution in [2.75, 3.05) is 7.11 Å². The van der Waals surface area contributed by atoms with Crippen LogP contribution in [0.2, 0.25) is 5.02 Å². The number of aryl methyl sites for hydroxylation is 1. The molecule has 0 saturated heterocycles. The van der Waals surface area contributed by atoms with Crippen LogP contribution in [-0.4, -0.2) is 29.1 Å². The minimum Gasteiger partial charge on any atom is -0.489 e. The van der Waals surface area contributed by atoms with E-state index < -0.39 is 11.9 Å². The summed E-state index contributed by atoms with van der Waals surface area (Å²) >= 11 is 5.99. The molecule has 2 rings (SSSR count). The summed E-state index contributed by atoms with van der Waals surface area (Å²) in [6.07, 6.45) is -0.827. The molecule has 1 aromatic carbocycles.